The zero-order chi connectivity index (χ0) is 21.5. The van der Waals surface area contributed by atoms with Gasteiger partial charge in [-0.15, -0.1) is 10.2 Å². The summed E-state index contributed by atoms with van der Waals surface area (Å²) in [6.45, 7) is 5.14. The molecule has 2 aromatic carbocycles. The molecule has 158 valence electrons. The maximum atomic E-state index is 14.3. The summed E-state index contributed by atoms with van der Waals surface area (Å²) in [6, 6.07) is 14.0. The monoisotopic (exact) mass is 428 g/mol. The van der Waals surface area contributed by atoms with Gasteiger partial charge in [0.05, 0.1) is 18.4 Å². The minimum absolute atomic E-state index is 0.127. The Labute approximate surface area is 179 Å². The molecule has 0 fully saturated rings. The van der Waals surface area contributed by atoms with Gasteiger partial charge in [-0.05, 0) is 24.1 Å². The number of carbonyl (C=O) groups excluding carboxylic acids is 1. The van der Waals surface area contributed by atoms with E-state index in [9.17, 15) is 9.18 Å². The average Bonchev–Trinajstić information content (AvgIpc) is 3.12. The predicted octanol–water partition coefficient (Wildman–Crippen LogP) is 4.16. The van der Waals surface area contributed by atoms with Gasteiger partial charge in [0.25, 0.3) is 0 Å². The van der Waals surface area contributed by atoms with Crippen LogP contribution in [0.4, 0.5) is 4.39 Å². The number of hydrogen-bond acceptors (Lipinski definition) is 5. The van der Waals surface area contributed by atoms with Crippen LogP contribution in [0.15, 0.2) is 53.7 Å². The molecule has 0 aliphatic heterocycles. The number of nitrogens with one attached hydrogen (secondary N) is 1. The van der Waals surface area contributed by atoms with Gasteiger partial charge in [0, 0.05) is 18.7 Å². The average molecular weight is 429 g/mol. The maximum absolute atomic E-state index is 14.3. The van der Waals surface area contributed by atoms with Gasteiger partial charge in [-0.3, -0.25) is 4.79 Å². The van der Waals surface area contributed by atoms with Gasteiger partial charge >= 0.3 is 0 Å². The zero-order valence-corrected chi connectivity index (χ0v) is 18.1. The number of rotatable bonds is 9. The maximum Gasteiger partial charge on any atom is 0.230 e. The van der Waals surface area contributed by atoms with Crippen molar-refractivity contribution in [2.75, 3.05) is 12.9 Å². The molecular weight excluding hydrogens is 403 g/mol. The first-order chi connectivity index (χ1) is 14.5. The fourth-order valence-electron chi connectivity index (χ4n) is 2.99. The van der Waals surface area contributed by atoms with Crippen molar-refractivity contribution in [1.29, 1.82) is 0 Å². The topological polar surface area (TPSA) is 69.0 Å². The van der Waals surface area contributed by atoms with Crippen molar-refractivity contribution >= 4 is 17.7 Å². The summed E-state index contributed by atoms with van der Waals surface area (Å²) in [7, 11) is 1.60. The molecule has 30 heavy (non-hydrogen) atoms. The van der Waals surface area contributed by atoms with Crippen molar-refractivity contribution in [3.8, 4) is 17.1 Å². The van der Waals surface area contributed by atoms with E-state index >= 15 is 0 Å². The van der Waals surface area contributed by atoms with Gasteiger partial charge < -0.3 is 14.6 Å². The van der Waals surface area contributed by atoms with Crippen LogP contribution in [-0.4, -0.2) is 33.5 Å². The summed E-state index contributed by atoms with van der Waals surface area (Å²) in [5, 5.41) is 11.9. The molecule has 0 radical (unpaired) electrons. The third-order valence-electron chi connectivity index (χ3n) is 4.38. The molecule has 1 heterocycles. The minimum Gasteiger partial charge on any atom is -0.496 e. The lowest BCUT2D eigenvalue weighted by atomic mass is 10.2. The van der Waals surface area contributed by atoms with Crippen molar-refractivity contribution in [3.63, 3.8) is 0 Å². The fourth-order valence-corrected chi connectivity index (χ4v) is 3.77. The quantitative estimate of drug-likeness (QED) is 0.519. The van der Waals surface area contributed by atoms with Gasteiger partial charge in [-0.1, -0.05) is 55.9 Å². The Morgan fingerprint density at radius 3 is 2.63 bits per heavy atom. The predicted molar refractivity (Wildman–Crippen MR) is 116 cm³/mol. The molecule has 3 aromatic rings. The SMILES string of the molecule is COc1ccccc1CNC(=O)CSc1nnc(-c2ccccc2F)n1CC(C)C. The zero-order valence-electron chi connectivity index (χ0n) is 17.3. The first-order valence-electron chi connectivity index (χ1n) is 9.69. The highest BCUT2D eigenvalue weighted by atomic mass is 32.2. The van der Waals surface area contributed by atoms with E-state index in [1.54, 1.807) is 25.3 Å². The highest BCUT2D eigenvalue weighted by molar-refractivity contribution is 7.99. The van der Waals surface area contributed by atoms with Gasteiger partial charge in [0.1, 0.15) is 11.6 Å². The summed E-state index contributed by atoms with van der Waals surface area (Å²) < 4.78 is 21.5. The highest BCUT2D eigenvalue weighted by Crippen LogP contribution is 2.27. The van der Waals surface area contributed by atoms with Crippen molar-refractivity contribution in [2.45, 2.75) is 32.1 Å². The first-order valence-corrected chi connectivity index (χ1v) is 10.7. The molecule has 1 aromatic heterocycles. The Balaban J connectivity index is 1.69. The van der Waals surface area contributed by atoms with Crippen molar-refractivity contribution < 1.29 is 13.9 Å². The number of methoxy groups -OCH3 is 1. The summed E-state index contributed by atoms with van der Waals surface area (Å²) >= 11 is 1.29. The Hall–Kier alpha value is -2.87. The third-order valence-corrected chi connectivity index (χ3v) is 5.35. The number of thioether (sulfide) groups is 1. The number of ether oxygens (including phenoxy) is 1. The Kier molecular flexibility index (Phi) is 7.46. The van der Waals surface area contributed by atoms with Gasteiger partial charge in [-0.2, -0.15) is 0 Å². The summed E-state index contributed by atoms with van der Waals surface area (Å²) in [5.74, 6) is 1.22. The lowest BCUT2D eigenvalue weighted by Crippen LogP contribution is -2.25. The summed E-state index contributed by atoms with van der Waals surface area (Å²) in [4.78, 5) is 12.4. The molecule has 0 saturated heterocycles. The number of amides is 1. The van der Waals surface area contributed by atoms with Crippen molar-refractivity contribution in [3.05, 3.63) is 59.9 Å². The van der Waals surface area contributed by atoms with Crippen LogP contribution in [0.25, 0.3) is 11.4 Å². The number of nitrogens with zero attached hydrogens (tertiary/aromatic N) is 3. The number of halogens is 1. The number of carbonyl (C=O) groups is 1. The third kappa shape index (κ3) is 5.38. The Bertz CT molecular complexity index is 1010. The van der Waals surface area contributed by atoms with Gasteiger partial charge in [0.2, 0.25) is 5.91 Å². The lowest BCUT2D eigenvalue weighted by molar-refractivity contribution is -0.118. The van der Waals surface area contributed by atoms with Crippen LogP contribution < -0.4 is 10.1 Å². The van der Waals surface area contributed by atoms with Crippen LogP contribution in [-0.2, 0) is 17.9 Å². The fraction of sp³-hybridized carbons (Fsp3) is 0.318. The van der Waals surface area contributed by atoms with Crippen LogP contribution in [0, 0.1) is 11.7 Å². The number of hydrogen-bond donors (Lipinski definition) is 1. The second kappa shape index (κ2) is 10.2. The van der Waals surface area contributed by atoms with E-state index in [1.807, 2.05) is 28.8 Å². The van der Waals surface area contributed by atoms with E-state index in [-0.39, 0.29) is 17.5 Å². The summed E-state index contributed by atoms with van der Waals surface area (Å²) in [5.41, 5.74) is 1.31. The Morgan fingerprint density at radius 2 is 1.90 bits per heavy atom. The summed E-state index contributed by atoms with van der Waals surface area (Å²) in [6.07, 6.45) is 0. The molecule has 6 nitrogen and oxygen atoms in total. The molecular formula is C22H25FN4O2S. The molecule has 0 spiro atoms. The van der Waals surface area contributed by atoms with Crippen LogP contribution in [0.1, 0.15) is 19.4 Å². The van der Waals surface area contributed by atoms with Crippen molar-refractivity contribution in [1.82, 2.24) is 20.1 Å². The molecule has 0 saturated carbocycles. The molecule has 1 N–H and O–H groups in total. The van der Waals surface area contributed by atoms with E-state index in [2.05, 4.69) is 29.4 Å². The molecule has 0 aliphatic carbocycles. The first kappa shape index (κ1) is 21.8. The normalized spacial score (nSPS) is 11.0. The number of benzene rings is 2. The van der Waals surface area contributed by atoms with E-state index in [4.69, 9.17) is 4.74 Å². The van der Waals surface area contributed by atoms with Crippen LogP contribution in [0.3, 0.4) is 0 Å². The van der Waals surface area contributed by atoms with Crippen LogP contribution in [0.5, 0.6) is 5.75 Å². The number of aromatic nitrogens is 3. The smallest absolute Gasteiger partial charge is 0.230 e. The van der Waals surface area contributed by atoms with E-state index < -0.39 is 0 Å². The minimum atomic E-state index is -0.346. The molecule has 1 amide bonds. The van der Waals surface area contributed by atoms with Gasteiger partial charge in [0.15, 0.2) is 11.0 Å². The largest absolute Gasteiger partial charge is 0.496 e. The van der Waals surface area contributed by atoms with E-state index in [0.29, 0.717) is 35.6 Å². The number of para-hydroxylation sites is 1. The standard InChI is InChI=1S/C22H25FN4O2S/c1-15(2)13-27-21(17-9-5-6-10-18(17)23)25-26-22(27)30-14-20(28)24-12-16-8-4-7-11-19(16)29-3/h4-11,15H,12-14H2,1-3H3,(H,24,28). The molecule has 0 aliphatic rings. The van der Waals surface area contributed by atoms with E-state index in [1.165, 1.54) is 17.8 Å². The molecule has 0 unspecified atom stereocenters. The lowest BCUT2D eigenvalue weighted by Gasteiger charge is -2.13. The Morgan fingerprint density at radius 1 is 1.17 bits per heavy atom. The van der Waals surface area contributed by atoms with Gasteiger partial charge in [-0.25, -0.2) is 4.39 Å². The highest BCUT2D eigenvalue weighted by Gasteiger charge is 2.18. The van der Waals surface area contributed by atoms with Crippen molar-refractivity contribution in [2.24, 2.45) is 5.92 Å². The molecule has 3 rings (SSSR count). The second-order valence-corrected chi connectivity index (χ2v) is 8.11. The molecule has 8 heteroatoms. The second-order valence-electron chi connectivity index (χ2n) is 7.17. The van der Waals surface area contributed by atoms with Crippen LogP contribution in [0.2, 0.25) is 0 Å². The van der Waals surface area contributed by atoms with E-state index in [0.717, 1.165) is 11.3 Å². The molecule has 0 bridgehead atoms. The molecule has 0 atom stereocenters. The van der Waals surface area contributed by atoms with Crippen LogP contribution >= 0.6 is 11.8 Å².